The fourth-order valence-electron chi connectivity index (χ4n) is 2.64. The zero-order valence-corrected chi connectivity index (χ0v) is 12.5. The monoisotopic (exact) mass is 289 g/mol. The molecular formula is C16H23N3O2. The highest BCUT2D eigenvalue weighted by molar-refractivity contribution is 6.05. The van der Waals surface area contributed by atoms with Gasteiger partial charge in [-0.15, -0.1) is 0 Å². The van der Waals surface area contributed by atoms with Crippen molar-refractivity contribution < 1.29 is 9.59 Å². The largest absolute Gasteiger partial charge is 0.315 e. The van der Waals surface area contributed by atoms with Crippen molar-refractivity contribution in [3.05, 3.63) is 35.9 Å². The van der Waals surface area contributed by atoms with Crippen LogP contribution in [0.2, 0.25) is 0 Å². The molecular weight excluding hydrogens is 266 g/mol. The van der Waals surface area contributed by atoms with Crippen LogP contribution in [0.5, 0.6) is 0 Å². The number of benzene rings is 1. The maximum Gasteiger partial charge on any atom is 0.257 e. The number of amides is 2. The summed E-state index contributed by atoms with van der Waals surface area (Å²) in [5.41, 5.74) is 0.510. The normalized spacial score (nSPS) is 17.9. The van der Waals surface area contributed by atoms with Crippen molar-refractivity contribution in [2.45, 2.75) is 25.8 Å². The molecule has 5 nitrogen and oxygen atoms in total. The summed E-state index contributed by atoms with van der Waals surface area (Å²) in [6.07, 6.45) is 2.05. The Balaban J connectivity index is 1.88. The molecule has 1 heterocycles. The van der Waals surface area contributed by atoms with Crippen LogP contribution in [0.1, 0.15) is 30.1 Å². The molecule has 2 amide bonds. The Bertz CT molecular complexity index is 470. The van der Waals surface area contributed by atoms with E-state index in [4.69, 9.17) is 0 Å². The van der Waals surface area contributed by atoms with Crippen LogP contribution in [-0.4, -0.2) is 48.9 Å². The van der Waals surface area contributed by atoms with Gasteiger partial charge in [-0.05, 0) is 38.1 Å². The van der Waals surface area contributed by atoms with Crippen LogP contribution in [-0.2, 0) is 4.79 Å². The molecule has 0 spiro atoms. The molecule has 1 aromatic carbocycles. The molecule has 0 aliphatic carbocycles. The number of imide groups is 1. The summed E-state index contributed by atoms with van der Waals surface area (Å²) in [6, 6.07) is 9.21. The third-order valence-electron chi connectivity index (χ3n) is 3.70. The molecule has 1 aliphatic rings. The van der Waals surface area contributed by atoms with Crippen LogP contribution >= 0.6 is 0 Å². The molecule has 1 unspecified atom stereocenters. The Morgan fingerprint density at radius 2 is 2.10 bits per heavy atom. The van der Waals surface area contributed by atoms with Gasteiger partial charge >= 0.3 is 0 Å². The molecule has 2 rings (SSSR count). The number of nitrogens with zero attached hydrogens (tertiary/aromatic N) is 1. The zero-order valence-electron chi connectivity index (χ0n) is 12.5. The van der Waals surface area contributed by atoms with Gasteiger partial charge in [-0.3, -0.25) is 19.8 Å². The van der Waals surface area contributed by atoms with Gasteiger partial charge in [0.25, 0.3) is 5.91 Å². The molecule has 1 aromatic rings. The lowest BCUT2D eigenvalue weighted by atomic mass is 10.2. The van der Waals surface area contributed by atoms with Crippen molar-refractivity contribution in [1.82, 2.24) is 15.5 Å². The predicted octanol–water partition coefficient (Wildman–Crippen LogP) is 1.02. The third-order valence-corrected chi connectivity index (χ3v) is 3.70. The Morgan fingerprint density at radius 1 is 1.33 bits per heavy atom. The van der Waals surface area contributed by atoms with Crippen LogP contribution in [0.25, 0.3) is 0 Å². The van der Waals surface area contributed by atoms with E-state index in [0.717, 1.165) is 32.5 Å². The van der Waals surface area contributed by atoms with E-state index in [1.165, 1.54) is 0 Å². The summed E-state index contributed by atoms with van der Waals surface area (Å²) in [7, 11) is 0. The van der Waals surface area contributed by atoms with Gasteiger partial charge in [-0.25, -0.2) is 0 Å². The van der Waals surface area contributed by atoms with Gasteiger partial charge in [0.05, 0.1) is 6.54 Å². The third kappa shape index (κ3) is 4.65. The first kappa shape index (κ1) is 15.7. The van der Waals surface area contributed by atoms with E-state index in [1.54, 1.807) is 24.3 Å². The molecule has 0 radical (unpaired) electrons. The fraction of sp³-hybridized carbons (Fsp3) is 0.500. The molecule has 21 heavy (non-hydrogen) atoms. The number of hydrogen-bond acceptors (Lipinski definition) is 4. The number of carbonyl (C=O) groups excluding carboxylic acids is 2. The summed E-state index contributed by atoms with van der Waals surface area (Å²) in [5, 5.41) is 5.78. The molecule has 2 N–H and O–H groups in total. The van der Waals surface area contributed by atoms with Crippen molar-refractivity contribution in [2.24, 2.45) is 0 Å². The van der Waals surface area contributed by atoms with E-state index in [2.05, 4.69) is 22.5 Å². The lowest BCUT2D eigenvalue weighted by Crippen LogP contribution is -2.45. The van der Waals surface area contributed by atoms with Crippen molar-refractivity contribution in [1.29, 1.82) is 0 Å². The minimum absolute atomic E-state index is 0.232. The van der Waals surface area contributed by atoms with E-state index < -0.39 is 0 Å². The first-order valence-corrected chi connectivity index (χ1v) is 7.54. The molecule has 1 aliphatic heterocycles. The Morgan fingerprint density at radius 3 is 2.71 bits per heavy atom. The number of nitrogens with one attached hydrogen (secondary N) is 2. The van der Waals surface area contributed by atoms with Gasteiger partial charge in [0.2, 0.25) is 5.91 Å². The van der Waals surface area contributed by atoms with E-state index >= 15 is 0 Å². The van der Waals surface area contributed by atoms with Gasteiger partial charge < -0.3 is 5.32 Å². The lowest BCUT2D eigenvalue weighted by molar-refractivity contribution is -0.121. The van der Waals surface area contributed by atoms with E-state index in [1.807, 2.05) is 6.07 Å². The molecule has 1 saturated heterocycles. The average molecular weight is 289 g/mol. The second kappa shape index (κ2) is 7.90. The Labute approximate surface area is 125 Å². The van der Waals surface area contributed by atoms with E-state index in [-0.39, 0.29) is 18.4 Å². The standard InChI is InChI=1S/C16H23N3O2/c1-2-10-19(14-8-9-17-11-14)12-15(20)18-16(21)13-6-4-3-5-7-13/h3-7,14,17H,2,8-12H2,1H3,(H,18,20,21). The molecule has 5 heteroatoms. The topological polar surface area (TPSA) is 61.4 Å². The highest BCUT2D eigenvalue weighted by Crippen LogP contribution is 2.09. The first-order chi connectivity index (χ1) is 10.2. The molecule has 0 saturated carbocycles. The van der Waals surface area contributed by atoms with Crippen LogP contribution in [0.15, 0.2) is 30.3 Å². The van der Waals surface area contributed by atoms with Crippen LogP contribution in [0.3, 0.4) is 0 Å². The molecule has 1 fully saturated rings. The van der Waals surface area contributed by atoms with Crippen LogP contribution in [0, 0.1) is 0 Å². The Kier molecular flexibility index (Phi) is 5.90. The Hall–Kier alpha value is -1.72. The maximum absolute atomic E-state index is 12.1. The van der Waals surface area contributed by atoms with Gasteiger partial charge in [0.15, 0.2) is 0 Å². The van der Waals surface area contributed by atoms with E-state index in [9.17, 15) is 9.59 Å². The van der Waals surface area contributed by atoms with Crippen molar-refractivity contribution in [3.8, 4) is 0 Å². The molecule has 0 aromatic heterocycles. The van der Waals surface area contributed by atoms with Crippen LogP contribution in [0.4, 0.5) is 0 Å². The SMILES string of the molecule is CCCN(CC(=O)NC(=O)c1ccccc1)C1CCNC1. The summed E-state index contributed by atoms with van der Waals surface area (Å²) >= 11 is 0. The second-order valence-corrected chi connectivity index (χ2v) is 5.36. The van der Waals surface area contributed by atoms with Gasteiger partial charge in [0.1, 0.15) is 0 Å². The van der Waals surface area contributed by atoms with Crippen LogP contribution < -0.4 is 10.6 Å². The van der Waals surface area contributed by atoms with Gasteiger partial charge in [0, 0.05) is 18.2 Å². The lowest BCUT2D eigenvalue weighted by Gasteiger charge is -2.27. The van der Waals surface area contributed by atoms with Crippen molar-refractivity contribution in [3.63, 3.8) is 0 Å². The highest BCUT2D eigenvalue weighted by atomic mass is 16.2. The predicted molar refractivity (Wildman–Crippen MR) is 82.1 cm³/mol. The zero-order chi connectivity index (χ0) is 15.1. The second-order valence-electron chi connectivity index (χ2n) is 5.36. The minimum Gasteiger partial charge on any atom is -0.315 e. The maximum atomic E-state index is 12.1. The summed E-state index contributed by atoms with van der Waals surface area (Å²) in [4.78, 5) is 26.2. The summed E-state index contributed by atoms with van der Waals surface area (Å²) in [6.45, 7) is 5.16. The first-order valence-electron chi connectivity index (χ1n) is 7.54. The summed E-state index contributed by atoms with van der Waals surface area (Å²) < 4.78 is 0. The average Bonchev–Trinajstić information content (AvgIpc) is 3.02. The number of hydrogen-bond donors (Lipinski definition) is 2. The van der Waals surface area contributed by atoms with Crippen molar-refractivity contribution >= 4 is 11.8 Å². The van der Waals surface area contributed by atoms with Crippen molar-refractivity contribution in [2.75, 3.05) is 26.2 Å². The van der Waals surface area contributed by atoms with Gasteiger partial charge in [-0.1, -0.05) is 25.1 Å². The molecule has 114 valence electrons. The minimum atomic E-state index is -0.332. The number of rotatable bonds is 6. The van der Waals surface area contributed by atoms with E-state index in [0.29, 0.717) is 11.6 Å². The highest BCUT2D eigenvalue weighted by Gasteiger charge is 2.24. The van der Waals surface area contributed by atoms with Gasteiger partial charge in [-0.2, -0.15) is 0 Å². The smallest absolute Gasteiger partial charge is 0.257 e. The fourth-order valence-corrected chi connectivity index (χ4v) is 2.64. The summed E-state index contributed by atoms with van der Waals surface area (Å²) in [5.74, 6) is -0.564. The number of carbonyl (C=O) groups is 2. The quantitative estimate of drug-likeness (QED) is 0.821. The molecule has 0 bridgehead atoms. The molecule has 1 atom stereocenters.